The highest BCUT2D eigenvalue weighted by molar-refractivity contribution is 9.10. The Morgan fingerprint density at radius 1 is 1.19 bits per heavy atom. The lowest BCUT2D eigenvalue weighted by Gasteiger charge is -2.20. The topological polar surface area (TPSA) is 34.0 Å². The highest BCUT2D eigenvalue weighted by atomic mass is 79.9. The first-order valence-corrected chi connectivity index (χ1v) is 7.89. The van der Waals surface area contributed by atoms with Crippen molar-refractivity contribution < 1.29 is 0 Å². The molecule has 5 heteroatoms. The first kappa shape index (κ1) is 12.8. The van der Waals surface area contributed by atoms with E-state index in [0.29, 0.717) is 6.04 Å². The minimum Gasteiger partial charge on any atom is -0.369 e. The lowest BCUT2D eigenvalue weighted by atomic mass is 10.2. The molecular formula is C16H15BrN4. The van der Waals surface area contributed by atoms with E-state index >= 15 is 0 Å². The maximum absolute atomic E-state index is 4.44. The summed E-state index contributed by atoms with van der Waals surface area (Å²) in [6.45, 7) is 2.04. The molecule has 21 heavy (non-hydrogen) atoms. The Balaban J connectivity index is 1.65. The standard InChI is InChI=1S/C16H15BrN4/c17-12-9-19-21(10-12)13-6-8-20(11-13)16-5-7-18-15-4-2-1-3-14(15)16/h1-5,7,9-10,13H,6,8,11H2. The predicted octanol–water partition coefficient (Wildman–Crippen LogP) is 3.65. The number of nitrogens with zero attached hydrogens (tertiary/aromatic N) is 4. The van der Waals surface area contributed by atoms with E-state index in [1.165, 1.54) is 11.1 Å². The zero-order valence-corrected chi connectivity index (χ0v) is 13.1. The Bertz CT molecular complexity index is 777. The molecule has 0 radical (unpaired) electrons. The molecule has 1 fully saturated rings. The van der Waals surface area contributed by atoms with Gasteiger partial charge in [0.15, 0.2) is 0 Å². The van der Waals surface area contributed by atoms with Crippen LogP contribution in [0.1, 0.15) is 12.5 Å². The van der Waals surface area contributed by atoms with Gasteiger partial charge in [-0.05, 0) is 34.5 Å². The van der Waals surface area contributed by atoms with Gasteiger partial charge >= 0.3 is 0 Å². The summed E-state index contributed by atoms with van der Waals surface area (Å²) in [4.78, 5) is 6.88. The molecule has 1 atom stereocenters. The SMILES string of the molecule is Brc1cnn(C2CCN(c3ccnc4ccccc34)C2)c1. The lowest BCUT2D eigenvalue weighted by Crippen LogP contribution is -2.21. The van der Waals surface area contributed by atoms with Gasteiger partial charge in [0.2, 0.25) is 0 Å². The minimum atomic E-state index is 0.434. The third kappa shape index (κ3) is 2.31. The third-order valence-corrected chi connectivity index (χ3v) is 4.48. The fourth-order valence-corrected chi connectivity index (χ4v) is 3.35. The van der Waals surface area contributed by atoms with Crippen LogP contribution in [0.2, 0.25) is 0 Å². The van der Waals surface area contributed by atoms with Gasteiger partial charge in [0, 0.05) is 36.6 Å². The van der Waals surface area contributed by atoms with E-state index in [-0.39, 0.29) is 0 Å². The van der Waals surface area contributed by atoms with Gasteiger partial charge in [-0.2, -0.15) is 5.10 Å². The van der Waals surface area contributed by atoms with Crippen molar-refractivity contribution in [3.8, 4) is 0 Å². The molecule has 3 heterocycles. The van der Waals surface area contributed by atoms with E-state index in [1.54, 1.807) is 0 Å². The van der Waals surface area contributed by atoms with Gasteiger partial charge in [-0.3, -0.25) is 9.67 Å². The van der Waals surface area contributed by atoms with Crippen LogP contribution in [-0.4, -0.2) is 27.9 Å². The molecule has 1 aromatic carbocycles. The fourth-order valence-electron chi connectivity index (χ4n) is 3.05. The van der Waals surface area contributed by atoms with E-state index in [2.05, 4.69) is 66.1 Å². The maximum atomic E-state index is 4.44. The lowest BCUT2D eigenvalue weighted by molar-refractivity contribution is 0.494. The molecule has 1 aliphatic heterocycles. The molecule has 0 saturated carbocycles. The van der Waals surface area contributed by atoms with Crippen LogP contribution in [0.4, 0.5) is 5.69 Å². The van der Waals surface area contributed by atoms with Crippen LogP contribution in [0, 0.1) is 0 Å². The van der Waals surface area contributed by atoms with Gasteiger partial charge in [-0.15, -0.1) is 0 Å². The summed E-state index contributed by atoms with van der Waals surface area (Å²) < 4.78 is 3.10. The average molecular weight is 343 g/mol. The van der Waals surface area contributed by atoms with E-state index in [4.69, 9.17) is 0 Å². The van der Waals surface area contributed by atoms with Crippen molar-refractivity contribution in [1.82, 2.24) is 14.8 Å². The molecule has 2 aromatic heterocycles. The fraction of sp³-hybridized carbons (Fsp3) is 0.250. The molecule has 0 bridgehead atoms. The number of para-hydroxylation sites is 1. The summed E-state index contributed by atoms with van der Waals surface area (Å²) in [5, 5.41) is 5.64. The van der Waals surface area contributed by atoms with Crippen molar-refractivity contribution in [1.29, 1.82) is 0 Å². The number of hydrogen-bond donors (Lipinski definition) is 0. The summed E-state index contributed by atoms with van der Waals surface area (Å²) in [6, 6.07) is 10.9. The van der Waals surface area contributed by atoms with Gasteiger partial charge in [0.1, 0.15) is 0 Å². The minimum absolute atomic E-state index is 0.434. The Kier molecular flexibility index (Phi) is 3.15. The average Bonchev–Trinajstić information content (AvgIpc) is 3.15. The zero-order valence-electron chi connectivity index (χ0n) is 11.5. The molecule has 0 amide bonds. The normalized spacial score (nSPS) is 18.5. The van der Waals surface area contributed by atoms with Crippen molar-refractivity contribution in [3.05, 3.63) is 53.4 Å². The number of halogens is 1. The second-order valence-corrected chi connectivity index (χ2v) is 6.29. The van der Waals surface area contributed by atoms with Crippen LogP contribution in [0.5, 0.6) is 0 Å². The highest BCUT2D eigenvalue weighted by Gasteiger charge is 2.25. The molecule has 0 aliphatic carbocycles. The van der Waals surface area contributed by atoms with E-state index in [9.17, 15) is 0 Å². The van der Waals surface area contributed by atoms with Crippen molar-refractivity contribution >= 4 is 32.5 Å². The molecule has 106 valence electrons. The number of rotatable bonds is 2. The van der Waals surface area contributed by atoms with Crippen LogP contribution in [0.15, 0.2) is 53.4 Å². The monoisotopic (exact) mass is 342 g/mol. The largest absolute Gasteiger partial charge is 0.369 e. The summed E-state index contributed by atoms with van der Waals surface area (Å²) >= 11 is 3.47. The van der Waals surface area contributed by atoms with Crippen LogP contribution in [0.3, 0.4) is 0 Å². The first-order chi connectivity index (χ1) is 10.3. The summed E-state index contributed by atoms with van der Waals surface area (Å²) in [7, 11) is 0. The molecule has 4 rings (SSSR count). The Hall–Kier alpha value is -1.88. The van der Waals surface area contributed by atoms with Crippen molar-refractivity contribution in [2.75, 3.05) is 18.0 Å². The van der Waals surface area contributed by atoms with Crippen molar-refractivity contribution in [3.63, 3.8) is 0 Å². The zero-order chi connectivity index (χ0) is 14.2. The van der Waals surface area contributed by atoms with Gasteiger partial charge in [-0.25, -0.2) is 0 Å². The Labute approximate surface area is 131 Å². The summed E-state index contributed by atoms with van der Waals surface area (Å²) in [6.07, 6.45) is 6.92. The van der Waals surface area contributed by atoms with Crippen LogP contribution < -0.4 is 4.90 Å². The molecule has 1 aliphatic rings. The number of aromatic nitrogens is 3. The van der Waals surface area contributed by atoms with Crippen LogP contribution >= 0.6 is 15.9 Å². The van der Waals surface area contributed by atoms with Gasteiger partial charge in [-0.1, -0.05) is 18.2 Å². The number of hydrogen-bond acceptors (Lipinski definition) is 3. The number of fused-ring (bicyclic) bond motifs is 1. The summed E-state index contributed by atoms with van der Waals surface area (Å²) in [5.41, 5.74) is 2.33. The van der Waals surface area contributed by atoms with Gasteiger partial charge in [0.05, 0.1) is 22.2 Å². The predicted molar refractivity (Wildman–Crippen MR) is 87.5 cm³/mol. The Morgan fingerprint density at radius 3 is 2.95 bits per heavy atom. The molecule has 0 spiro atoms. The van der Waals surface area contributed by atoms with Crippen LogP contribution in [-0.2, 0) is 0 Å². The molecule has 1 saturated heterocycles. The van der Waals surface area contributed by atoms with Gasteiger partial charge in [0.25, 0.3) is 0 Å². The first-order valence-electron chi connectivity index (χ1n) is 7.09. The maximum Gasteiger partial charge on any atom is 0.0722 e. The molecule has 4 nitrogen and oxygen atoms in total. The number of pyridine rings is 1. The Morgan fingerprint density at radius 2 is 2.10 bits per heavy atom. The number of anilines is 1. The second kappa shape index (κ2) is 5.15. The summed E-state index contributed by atoms with van der Waals surface area (Å²) in [5.74, 6) is 0. The quantitative estimate of drug-likeness (QED) is 0.712. The third-order valence-electron chi connectivity index (χ3n) is 4.07. The van der Waals surface area contributed by atoms with Gasteiger partial charge < -0.3 is 4.90 Å². The molecule has 3 aromatic rings. The van der Waals surface area contributed by atoms with Crippen LogP contribution in [0.25, 0.3) is 10.9 Å². The smallest absolute Gasteiger partial charge is 0.0722 e. The number of benzene rings is 1. The molecule has 1 unspecified atom stereocenters. The van der Waals surface area contributed by atoms with E-state index < -0.39 is 0 Å². The molecular weight excluding hydrogens is 328 g/mol. The van der Waals surface area contributed by atoms with E-state index in [0.717, 1.165) is 29.5 Å². The van der Waals surface area contributed by atoms with E-state index in [1.807, 2.05) is 18.5 Å². The highest BCUT2D eigenvalue weighted by Crippen LogP contribution is 2.31. The molecule has 0 N–H and O–H groups in total. The van der Waals surface area contributed by atoms with Crippen molar-refractivity contribution in [2.24, 2.45) is 0 Å². The van der Waals surface area contributed by atoms with Crippen molar-refractivity contribution in [2.45, 2.75) is 12.5 Å². The second-order valence-electron chi connectivity index (χ2n) is 5.37.